The summed E-state index contributed by atoms with van der Waals surface area (Å²) in [6.07, 6.45) is 2.65. The third-order valence-corrected chi connectivity index (χ3v) is 2.84. The van der Waals surface area contributed by atoms with Crippen molar-refractivity contribution in [1.29, 1.82) is 0 Å². The van der Waals surface area contributed by atoms with Crippen molar-refractivity contribution in [2.24, 2.45) is 0 Å². The summed E-state index contributed by atoms with van der Waals surface area (Å²) < 4.78 is 5.05. The first-order valence-electron chi connectivity index (χ1n) is 6.19. The predicted molar refractivity (Wildman–Crippen MR) is 70.9 cm³/mol. The van der Waals surface area contributed by atoms with Gasteiger partial charge in [0.25, 0.3) is 5.91 Å². The van der Waals surface area contributed by atoms with E-state index in [1.165, 1.54) is 0 Å². The lowest BCUT2D eigenvalue weighted by atomic mass is 10.2. The highest BCUT2D eigenvalue weighted by Crippen LogP contribution is 2.12. The number of carbonyl (C=O) groups excluding carboxylic acids is 1. The number of hydrogen-bond acceptors (Lipinski definition) is 3. The van der Waals surface area contributed by atoms with E-state index in [1.54, 1.807) is 43.3 Å². The highest BCUT2D eigenvalue weighted by molar-refractivity contribution is 5.94. The van der Waals surface area contributed by atoms with Crippen molar-refractivity contribution in [2.75, 3.05) is 27.3 Å². The number of benzene rings is 1. The number of unbranched alkanes of at least 4 members (excludes halogenated alkanes) is 2. The Hall–Kier alpha value is -1.55. The minimum atomic E-state index is 0.0154. The van der Waals surface area contributed by atoms with E-state index in [0.29, 0.717) is 12.1 Å². The molecule has 0 spiro atoms. The van der Waals surface area contributed by atoms with E-state index >= 15 is 0 Å². The maximum atomic E-state index is 12.0. The third kappa shape index (κ3) is 4.37. The molecule has 100 valence electrons. The number of nitrogens with zero attached hydrogens (tertiary/aromatic N) is 1. The van der Waals surface area contributed by atoms with Gasteiger partial charge in [-0.15, -0.1) is 0 Å². The lowest BCUT2D eigenvalue weighted by Gasteiger charge is -2.17. The Morgan fingerprint density at radius 2 is 1.89 bits per heavy atom. The van der Waals surface area contributed by atoms with Gasteiger partial charge in [-0.2, -0.15) is 0 Å². The van der Waals surface area contributed by atoms with Gasteiger partial charge in [-0.3, -0.25) is 4.79 Å². The second-order valence-corrected chi connectivity index (χ2v) is 4.24. The van der Waals surface area contributed by atoms with Crippen molar-refractivity contribution >= 4 is 5.91 Å². The molecule has 1 amide bonds. The highest BCUT2D eigenvalue weighted by atomic mass is 16.5. The topological polar surface area (TPSA) is 49.8 Å². The van der Waals surface area contributed by atoms with Crippen LogP contribution in [0, 0.1) is 0 Å². The lowest BCUT2D eigenvalue weighted by molar-refractivity contribution is 0.0792. The molecule has 4 heteroatoms. The van der Waals surface area contributed by atoms with Crippen molar-refractivity contribution < 1.29 is 14.6 Å². The second-order valence-electron chi connectivity index (χ2n) is 4.24. The molecule has 1 N–H and O–H groups in total. The van der Waals surface area contributed by atoms with Crippen LogP contribution in [-0.4, -0.2) is 43.2 Å². The molecule has 0 radical (unpaired) electrons. The van der Waals surface area contributed by atoms with Crippen LogP contribution in [-0.2, 0) is 0 Å². The van der Waals surface area contributed by atoms with Crippen LogP contribution in [0.1, 0.15) is 29.6 Å². The maximum Gasteiger partial charge on any atom is 0.253 e. The molecule has 0 saturated heterocycles. The predicted octanol–water partition coefficient (Wildman–Crippen LogP) is 1.93. The van der Waals surface area contributed by atoms with E-state index in [2.05, 4.69) is 0 Å². The monoisotopic (exact) mass is 251 g/mol. The van der Waals surface area contributed by atoms with Gasteiger partial charge in [0.15, 0.2) is 0 Å². The van der Waals surface area contributed by atoms with Crippen LogP contribution < -0.4 is 4.74 Å². The zero-order valence-corrected chi connectivity index (χ0v) is 11.1. The van der Waals surface area contributed by atoms with E-state index in [-0.39, 0.29) is 12.5 Å². The van der Waals surface area contributed by atoms with E-state index in [1.807, 2.05) is 0 Å². The van der Waals surface area contributed by atoms with Crippen LogP contribution in [0.15, 0.2) is 24.3 Å². The van der Waals surface area contributed by atoms with Crippen LogP contribution in [0.2, 0.25) is 0 Å². The molecule has 4 nitrogen and oxygen atoms in total. The number of aliphatic hydroxyl groups excluding tert-OH is 1. The summed E-state index contributed by atoms with van der Waals surface area (Å²) in [5.74, 6) is 0.763. The molecule has 18 heavy (non-hydrogen) atoms. The number of aliphatic hydroxyl groups is 1. The van der Waals surface area contributed by atoms with Gasteiger partial charge in [0.05, 0.1) is 7.11 Å². The van der Waals surface area contributed by atoms with E-state index in [0.717, 1.165) is 25.0 Å². The average Bonchev–Trinajstić information content (AvgIpc) is 2.42. The summed E-state index contributed by atoms with van der Waals surface area (Å²) in [5.41, 5.74) is 0.667. The molecule has 0 saturated carbocycles. The zero-order valence-electron chi connectivity index (χ0n) is 11.1. The number of methoxy groups -OCH3 is 1. The standard InChI is InChI=1S/C14H21NO3/c1-15(10-4-3-5-11-16)14(17)12-6-8-13(18-2)9-7-12/h6-9,16H,3-5,10-11H2,1-2H3. The lowest BCUT2D eigenvalue weighted by Crippen LogP contribution is -2.27. The van der Waals surface area contributed by atoms with E-state index in [4.69, 9.17) is 9.84 Å². The number of ether oxygens (including phenoxy) is 1. The zero-order chi connectivity index (χ0) is 13.4. The van der Waals surface area contributed by atoms with Crippen molar-refractivity contribution in [3.63, 3.8) is 0 Å². The van der Waals surface area contributed by atoms with E-state index in [9.17, 15) is 4.79 Å². The third-order valence-electron chi connectivity index (χ3n) is 2.84. The van der Waals surface area contributed by atoms with Gasteiger partial charge in [-0.1, -0.05) is 0 Å². The molecule has 0 unspecified atom stereocenters. The summed E-state index contributed by atoms with van der Waals surface area (Å²) >= 11 is 0. The van der Waals surface area contributed by atoms with Crippen LogP contribution in [0.25, 0.3) is 0 Å². The molecular formula is C14H21NO3. The maximum absolute atomic E-state index is 12.0. The minimum absolute atomic E-state index is 0.0154. The first-order chi connectivity index (χ1) is 8.69. The summed E-state index contributed by atoms with van der Waals surface area (Å²) in [4.78, 5) is 13.8. The normalized spacial score (nSPS) is 10.2. The number of hydrogen-bond donors (Lipinski definition) is 1. The first kappa shape index (κ1) is 14.5. The molecule has 0 heterocycles. The Balaban J connectivity index is 2.46. The molecule has 0 aliphatic heterocycles. The van der Waals surface area contributed by atoms with Gasteiger partial charge in [0.2, 0.25) is 0 Å². The Kier molecular flexibility index (Phi) is 6.22. The molecule has 1 rings (SSSR count). The van der Waals surface area contributed by atoms with Crippen molar-refractivity contribution in [2.45, 2.75) is 19.3 Å². The molecule has 0 aliphatic carbocycles. The number of carbonyl (C=O) groups is 1. The molecule has 0 bridgehead atoms. The summed E-state index contributed by atoms with van der Waals surface area (Å²) in [6, 6.07) is 7.11. The van der Waals surface area contributed by atoms with Crippen LogP contribution in [0.4, 0.5) is 0 Å². The fraction of sp³-hybridized carbons (Fsp3) is 0.500. The van der Waals surface area contributed by atoms with Gasteiger partial charge in [-0.25, -0.2) is 0 Å². The summed E-state index contributed by atoms with van der Waals surface area (Å²) in [6.45, 7) is 0.932. The molecule has 0 atom stereocenters. The van der Waals surface area contributed by atoms with Crippen LogP contribution >= 0.6 is 0 Å². The van der Waals surface area contributed by atoms with Gasteiger partial charge in [-0.05, 0) is 43.5 Å². The molecule has 0 fully saturated rings. The fourth-order valence-corrected chi connectivity index (χ4v) is 1.69. The van der Waals surface area contributed by atoms with Gasteiger partial charge < -0.3 is 14.7 Å². The molecule has 1 aromatic carbocycles. The Bertz CT molecular complexity index is 362. The number of rotatable bonds is 7. The first-order valence-corrected chi connectivity index (χ1v) is 6.19. The van der Waals surface area contributed by atoms with Crippen LogP contribution in [0.5, 0.6) is 5.75 Å². The SMILES string of the molecule is COc1ccc(C(=O)N(C)CCCCCO)cc1. The van der Waals surface area contributed by atoms with E-state index < -0.39 is 0 Å². The summed E-state index contributed by atoms with van der Waals surface area (Å²) in [5, 5.41) is 8.68. The van der Waals surface area contributed by atoms with Crippen LogP contribution in [0.3, 0.4) is 0 Å². The Morgan fingerprint density at radius 1 is 1.22 bits per heavy atom. The smallest absolute Gasteiger partial charge is 0.253 e. The summed E-state index contributed by atoms with van der Waals surface area (Å²) in [7, 11) is 3.40. The van der Waals surface area contributed by atoms with Gasteiger partial charge >= 0.3 is 0 Å². The molecule has 0 aromatic heterocycles. The Morgan fingerprint density at radius 3 is 2.44 bits per heavy atom. The minimum Gasteiger partial charge on any atom is -0.497 e. The number of amides is 1. The van der Waals surface area contributed by atoms with Gasteiger partial charge in [0.1, 0.15) is 5.75 Å². The Labute approximate surface area is 108 Å². The highest BCUT2D eigenvalue weighted by Gasteiger charge is 2.10. The van der Waals surface area contributed by atoms with Crippen molar-refractivity contribution in [3.05, 3.63) is 29.8 Å². The fourth-order valence-electron chi connectivity index (χ4n) is 1.69. The molecule has 1 aromatic rings. The molecular weight excluding hydrogens is 230 g/mol. The van der Waals surface area contributed by atoms with Crippen molar-refractivity contribution in [1.82, 2.24) is 4.90 Å². The van der Waals surface area contributed by atoms with Crippen molar-refractivity contribution in [3.8, 4) is 5.75 Å². The second kappa shape index (κ2) is 7.71. The molecule has 0 aliphatic rings. The van der Waals surface area contributed by atoms with Gasteiger partial charge in [0, 0.05) is 25.8 Å². The average molecular weight is 251 g/mol. The largest absolute Gasteiger partial charge is 0.497 e. The quantitative estimate of drug-likeness (QED) is 0.753.